The van der Waals surface area contributed by atoms with Gasteiger partial charge in [-0.05, 0) is 24.1 Å². The maximum atomic E-state index is 11.7. The number of nitrogens with zero attached hydrogens (tertiary/aromatic N) is 1. The molecule has 0 aliphatic heterocycles. The summed E-state index contributed by atoms with van der Waals surface area (Å²) >= 11 is 9.41. The van der Waals surface area contributed by atoms with E-state index < -0.39 is 0 Å². The van der Waals surface area contributed by atoms with Gasteiger partial charge in [0.1, 0.15) is 0 Å². The van der Waals surface area contributed by atoms with Gasteiger partial charge in [-0.15, -0.1) is 0 Å². The topological polar surface area (TPSA) is 67.2 Å². The fourth-order valence-corrected chi connectivity index (χ4v) is 2.42. The molecule has 2 rings (SSSR count). The van der Waals surface area contributed by atoms with E-state index in [9.17, 15) is 4.79 Å². The number of nitrogens with one attached hydrogen (secondary N) is 2. The van der Waals surface area contributed by atoms with Crippen molar-refractivity contribution in [3.63, 3.8) is 0 Å². The molecule has 0 saturated carbocycles. The van der Waals surface area contributed by atoms with Crippen LogP contribution in [0.3, 0.4) is 0 Å². The van der Waals surface area contributed by atoms with Crippen molar-refractivity contribution in [3.8, 4) is 0 Å². The van der Waals surface area contributed by atoms with Gasteiger partial charge in [0, 0.05) is 22.1 Å². The number of urea groups is 1. The van der Waals surface area contributed by atoms with Gasteiger partial charge in [0.2, 0.25) is 0 Å². The number of halogens is 2. The van der Waals surface area contributed by atoms with Crippen LogP contribution in [0.5, 0.6) is 0 Å². The molecule has 0 aliphatic carbocycles. The molecule has 0 unspecified atom stereocenters. The molecule has 7 heteroatoms. The number of benzene rings is 1. The molecule has 2 aromatic rings. The lowest BCUT2D eigenvalue weighted by Gasteiger charge is -2.08. The molecule has 112 valence electrons. The molecule has 1 aromatic heterocycles. The summed E-state index contributed by atoms with van der Waals surface area (Å²) < 4.78 is 5.98. The quantitative estimate of drug-likeness (QED) is 0.842. The summed E-state index contributed by atoms with van der Waals surface area (Å²) in [6.07, 6.45) is 0.803. The van der Waals surface area contributed by atoms with E-state index in [4.69, 9.17) is 16.1 Å². The molecule has 0 aliphatic rings. The van der Waals surface area contributed by atoms with Crippen LogP contribution in [0.2, 0.25) is 5.02 Å². The minimum Gasteiger partial charge on any atom is -0.359 e. The molecule has 1 aromatic carbocycles. The second-order valence-corrected chi connectivity index (χ2v) is 5.73. The highest BCUT2D eigenvalue weighted by Crippen LogP contribution is 2.21. The van der Waals surface area contributed by atoms with Gasteiger partial charge < -0.3 is 15.2 Å². The Balaban J connectivity index is 1.79. The van der Waals surface area contributed by atoms with Gasteiger partial charge in [-0.3, -0.25) is 0 Å². The monoisotopic (exact) mass is 371 g/mol. The summed E-state index contributed by atoms with van der Waals surface area (Å²) in [5.41, 5.74) is 1.72. The Morgan fingerprint density at radius 3 is 2.76 bits per heavy atom. The second-order valence-electron chi connectivity index (χ2n) is 4.41. The third kappa shape index (κ3) is 4.75. The Labute approximate surface area is 136 Å². The number of hydrogen-bond acceptors (Lipinski definition) is 3. The minimum absolute atomic E-state index is 0.288. The minimum atomic E-state index is -0.288. The number of hydrogen-bond donors (Lipinski definition) is 2. The van der Waals surface area contributed by atoms with Crippen molar-refractivity contribution < 1.29 is 9.32 Å². The van der Waals surface area contributed by atoms with Crippen molar-refractivity contribution in [2.75, 3.05) is 0 Å². The highest BCUT2D eigenvalue weighted by atomic mass is 79.9. The van der Waals surface area contributed by atoms with E-state index in [1.165, 1.54) is 0 Å². The lowest BCUT2D eigenvalue weighted by Crippen LogP contribution is -2.34. The third-order valence-electron chi connectivity index (χ3n) is 2.85. The molecule has 1 heterocycles. The maximum Gasteiger partial charge on any atom is 0.315 e. The van der Waals surface area contributed by atoms with Crippen LogP contribution in [0, 0.1) is 0 Å². The highest BCUT2D eigenvalue weighted by molar-refractivity contribution is 9.10. The zero-order valence-electron chi connectivity index (χ0n) is 11.5. The van der Waals surface area contributed by atoms with Crippen molar-refractivity contribution in [2.45, 2.75) is 26.4 Å². The molecular formula is C14H15BrClN3O2. The number of carbonyl (C=O) groups is 1. The fraction of sp³-hybridized carbons (Fsp3) is 0.286. The van der Waals surface area contributed by atoms with Gasteiger partial charge in [0.15, 0.2) is 5.76 Å². The van der Waals surface area contributed by atoms with Crippen molar-refractivity contribution in [1.29, 1.82) is 0 Å². The summed E-state index contributed by atoms with van der Waals surface area (Å²) in [5, 5.41) is 9.90. The Morgan fingerprint density at radius 2 is 2.10 bits per heavy atom. The van der Waals surface area contributed by atoms with Crippen molar-refractivity contribution in [2.24, 2.45) is 0 Å². The number of carbonyl (C=O) groups excluding carboxylic acids is 1. The van der Waals surface area contributed by atoms with Gasteiger partial charge >= 0.3 is 6.03 Å². The molecule has 2 amide bonds. The Kier molecular flexibility index (Phi) is 5.64. The molecule has 0 bridgehead atoms. The van der Waals surface area contributed by atoms with Crippen molar-refractivity contribution >= 4 is 33.6 Å². The van der Waals surface area contributed by atoms with Crippen molar-refractivity contribution in [1.82, 2.24) is 15.8 Å². The summed E-state index contributed by atoms with van der Waals surface area (Å²) in [7, 11) is 0. The van der Waals surface area contributed by atoms with Crippen LogP contribution in [0.15, 0.2) is 33.3 Å². The van der Waals surface area contributed by atoms with Crippen molar-refractivity contribution in [3.05, 3.63) is 50.8 Å². The van der Waals surface area contributed by atoms with E-state index in [-0.39, 0.29) is 6.03 Å². The Bertz CT molecular complexity index is 630. The molecule has 5 nitrogen and oxygen atoms in total. The molecule has 0 atom stereocenters. The smallest absolute Gasteiger partial charge is 0.315 e. The molecule has 21 heavy (non-hydrogen) atoms. The lowest BCUT2D eigenvalue weighted by atomic mass is 10.2. The first kappa shape index (κ1) is 15.9. The summed E-state index contributed by atoms with van der Waals surface area (Å²) in [6, 6.07) is 7.06. The van der Waals surface area contributed by atoms with E-state index in [1.54, 1.807) is 6.07 Å². The number of aromatic nitrogens is 1. The van der Waals surface area contributed by atoms with Crippen LogP contribution in [0.1, 0.15) is 23.9 Å². The van der Waals surface area contributed by atoms with Gasteiger partial charge in [-0.2, -0.15) is 0 Å². The van der Waals surface area contributed by atoms with Crippen LogP contribution in [-0.2, 0) is 19.5 Å². The molecule has 0 spiro atoms. The predicted octanol–water partition coefficient (Wildman–Crippen LogP) is 3.65. The first-order valence-corrected chi connectivity index (χ1v) is 7.65. The fourth-order valence-electron chi connectivity index (χ4n) is 1.68. The number of amides is 2. The van der Waals surface area contributed by atoms with E-state index in [1.807, 2.05) is 25.1 Å². The lowest BCUT2D eigenvalue weighted by molar-refractivity contribution is 0.238. The van der Waals surface area contributed by atoms with E-state index in [0.29, 0.717) is 23.9 Å². The molecular weight excluding hydrogens is 358 g/mol. The first-order valence-electron chi connectivity index (χ1n) is 6.48. The Hall–Kier alpha value is -1.53. The second kappa shape index (κ2) is 7.47. The van der Waals surface area contributed by atoms with Crippen LogP contribution >= 0.6 is 27.5 Å². The van der Waals surface area contributed by atoms with Crippen LogP contribution in [0.4, 0.5) is 4.79 Å². The van der Waals surface area contributed by atoms with Gasteiger partial charge in [0.25, 0.3) is 0 Å². The molecule has 0 fully saturated rings. The molecule has 0 saturated heterocycles. The average molecular weight is 373 g/mol. The molecule has 0 radical (unpaired) electrons. The normalized spacial score (nSPS) is 10.4. The largest absolute Gasteiger partial charge is 0.359 e. The van der Waals surface area contributed by atoms with E-state index >= 15 is 0 Å². The zero-order chi connectivity index (χ0) is 15.2. The van der Waals surface area contributed by atoms with Crippen LogP contribution in [-0.4, -0.2) is 11.2 Å². The van der Waals surface area contributed by atoms with Gasteiger partial charge in [-0.25, -0.2) is 4.79 Å². The van der Waals surface area contributed by atoms with E-state index in [2.05, 4.69) is 31.7 Å². The van der Waals surface area contributed by atoms with Crippen LogP contribution < -0.4 is 10.6 Å². The molecule has 2 N–H and O–H groups in total. The maximum absolute atomic E-state index is 11.7. The van der Waals surface area contributed by atoms with Gasteiger partial charge in [0.05, 0.1) is 12.2 Å². The Morgan fingerprint density at radius 1 is 1.33 bits per heavy atom. The number of rotatable bonds is 5. The predicted molar refractivity (Wildman–Crippen MR) is 84.1 cm³/mol. The van der Waals surface area contributed by atoms with E-state index in [0.717, 1.165) is 22.2 Å². The summed E-state index contributed by atoms with van der Waals surface area (Å²) in [5.74, 6) is 0.628. The third-order valence-corrected chi connectivity index (χ3v) is 3.69. The van der Waals surface area contributed by atoms with Crippen LogP contribution in [0.25, 0.3) is 0 Å². The standard InChI is InChI=1S/C14H15BrClN3O2/c1-2-11-6-12(21-19-11)8-18-14(20)17-7-9-3-4-10(15)5-13(9)16/h3-6H,2,7-8H2,1H3,(H2,17,18,20). The zero-order valence-corrected chi connectivity index (χ0v) is 13.8. The number of aryl methyl sites for hydroxylation is 1. The van der Waals surface area contributed by atoms with Gasteiger partial charge in [-0.1, -0.05) is 45.7 Å². The SMILES string of the molecule is CCc1cc(CNC(=O)NCc2ccc(Br)cc2Cl)on1. The summed E-state index contributed by atoms with van der Waals surface area (Å²) in [4.78, 5) is 11.7. The summed E-state index contributed by atoms with van der Waals surface area (Å²) in [6.45, 7) is 2.64. The first-order chi connectivity index (χ1) is 10.1. The average Bonchev–Trinajstić information content (AvgIpc) is 2.92. The highest BCUT2D eigenvalue weighted by Gasteiger charge is 2.06.